The molecule has 0 bridgehead atoms. The van der Waals surface area contributed by atoms with Crippen molar-refractivity contribution in [1.82, 2.24) is 0 Å². The second kappa shape index (κ2) is 10.2. The Morgan fingerprint density at radius 3 is 2.15 bits per heavy atom. The van der Waals surface area contributed by atoms with Gasteiger partial charge >= 0.3 is 5.97 Å². The second-order valence-corrected chi connectivity index (χ2v) is 11.2. The van der Waals surface area contributed by atoms with Crippen molar-refractivity contribution >= 4 is 56.2 Å². The van der Waals surface area contributed by atoms with Crippen LogP contribution in [0, 0.1) is 0 Å². The number of fused-ring (bicyclic) bond motifs is 2. The van der Waals surface area contributed by atoms with Crippen LogP contribution in [0.1, 0.15) is 42.2 Å². The molecule has 1 aliphatic rings. The molecule has 10 nitrogen and oxygen atoms in total. The molecule has 39 heavy (non-hydrogen) atoms. The fraction of sp³-hybridized carbons (Fsp3) is 0.0370. The van der Waals surface area contributed by atoms with Crippen LogP contribution in [0.25, 0.3) is 0 Å². The highest BCUT2D eigenvalue weighted by atomic mass is 32.2. The predicted molar refractivity (Wildman–Crippen MR) is 142 cm³/mol. The van der Waals surface area contributed by atoms with Crippen LogP contribution < -0.4 is 10.0 Å². The van der Waals surface area contributed by atoms with Gasteiger partial charge in [0.1, 0.15) is 15.5 Å². The van der Waals surface area contributed by atoms with E-state index in [0.29, 0.717) is 5.56 Å². The number of phenols is 1. The number of anilines is 2. The molecule has 0 aliphatic heterocycles. The Morgan fingerprint density at radius 2 is 1.49 bits per heavy atom. The molecule has 0 saturated heterocycles. The minimum Gasteiger partial charge on any atom is -0.507 e. The first-order chi connectivity index (χ1) is 18.6. The van der Waals surface area contributed by atoms with Crippen molar-refractivity contribution in [2.45, 2.75) is 4.21 Å². The number of amides is 1. The van der Waals surface area contributed by atoms with Gasteiger partial charge in [0.25, 0.3) is 15.9 Å². The van der Waals surface area contributed by atoms with E-state index < -0.39 is 34.3 Å². The van der Waals surface area contributed by atoms with Gasteiger partial charge in [-0.3, -0.25) is 19.1 Å². The number of nitrogens with one attached hydrogen (secondary N) is 2. The summed E-state index contributed by atoms with van der Waals surface area (Å²) in [6.07, 6.45) is 0. The Hall–Kier alpha value is -4.81. The fourth-order valence-electron chi connectivity index (χ4n) is 3.97. The first-order valence-corrected chi connectivity index (χ1v) is 13.7. The molecule has 3 N–H and O–H groups in total. The van der Waals surface area contributed by atoms with Crippen molar-refractivity contribution in [2.24, 2.45) is 0 Å². The summed E-state index contributed by atoms with van der Waals surface area (Å²) in [6, 6.07) is 17.2. The first kappa shape index (κ1) is 25.8. The van der Waals surface area contributed by atoms with Crippen LogP contribution in [0.5, 0.6) is 5.75 Å². The maximum atomic E-state index is 12.9. The number of sulfonamides is 1. The number of aromatic hydroxyl groups is 1. The van der Waals surface area contributed by atoms with Crippen molar-refractivity contribution in [3.8, 4) is 5.75 Å². The zero-order chi connectivity index (χ0) is 27.7. The molecule has 0 saturated carbocycles. The molecule has 5 rings (SSSR count). The molecule has 196 valence electrons. The van der Waals surface area contributed by atoms with Gasteiger partial charge in [-0.2, -0.15) is 0 Å². The molecule has 0 fully saturated rings. The van der Waals surface area contributed by atoms with Gasteiger partial charge in [-0.1, -0.05) is 30.3 Å². The quantitative estimate of drug-likeness (QED) is 0.253. The summed E-state index contributed by atoms with van der Waals surface area (Å²) in [5.74, 6) is -2.93. The predicted octanol–water partition coefficient (Wildman–Crippen LogP) is 3.83. The van der Waals surface area contributed by atoms with Crippen LogP contribution in [0.2, 0.25) is 0 Å². The van der Waals surface area contributed by atoms with Crippen molar-refractivity contribution in [3.05, 3.63) is 106 Å². The number of phenolic OH excluding ortho intramolecular Hbond substituents is 1. The minimum absolute atomic E-state index is 0.0262. The number of benzene rings is 3. The number of ether oxygens (including phenoxy) is 1. The first-order valence-electron chi connectivity index (χ1n) is 11.3. The molecule has 1 heterocycles. The molecular formula is C27H18N2O8S2. The largest absolute Gasteiger partial charge is 0.507 e. The van der Waals surface area contributed by atoms with Crippen LogP contribution in [0.3, 0.4) is 0 Å². The molecule has 0 atom stereocenters. The van der Waals surface area contributed by atoms with Crippen molar-refractivity contribution < 1.29 is 37.4 Å². The average molecular weight is 563 g/mol. The Balaban J connectivity index is 1.21. The van der Waals surface area contributed by atoms with E-state index in [2.05, 4.69) is 10.0 Å². The molecule has 0 unspecified atom stereocenters. The van der Waals surface area contributed by atoms with E-state index >= 15 is 0 Å². The van der Waals surface area contributed by atoms with Gasteiger partial charge in [-0.15, -0.1) is 11.3 Å². The summed E-state index contributed by atoms with van der Waals surface area (Å²) < 4.78 is 32.0. The summed E-state index contributed by atoms with van der Waals surface area (Å²) >= 11 is 1.02. The van der Waals surface area contributed by atoms with Crippen molar-refractivity contribution in [1.29, 1.82) is 0 Å². The zero-order valence-electron chi connectivity index (χ0n) is 19.8. The van der Waals surface area contributed by atoms with Gasteiger partial charge < -0.3 is 15.2 Å². The van der Waals surface area contributed by atoms with Gasteiger partial charge in [0.15, 0.2) is 18.2 Å². The SMILES string of the molecule is O=C(COC(=O)c1ccc(NS(=O)(=O)c2cccs2)cc1O)Nc1ccc2c(c1)C(=O)c1ccccc1C2=O. The summed E-state index contributed by atoms with van der Waals surface area (Å²) in [4.78, 5) is 50.4. The van der Waals surface area contributed by atoms with E-state index in [9.17, 15) is 32.7 Å². The lowest BCUT2D eigenvalue weighted by Crippen LogP contribution is -2.23. The molecule has 0 radical (unpaired) electrons. The normalized spacial score (nSPS) is 12.3. The number of carbonyl (C=O) groups excluding carboxylic acids is 4. The number of esters is 1. The maximum Gasteiger partial charge on any atom is 0.342 e. The third kappa shape index (κ3) is 5.15. The molecule has 1 aromatic heterocycles. The minimum atomic E-state index is -3.85. The molecule has 1 amide bonds. The Morgan fingerprint density at radius 1 is 0.821 bits per heavy atom. The number of thiophene rings is 1. The van der Waals surface area contributed by atoms with Crippen molar-refractivity contribution in [2.75, 3.05) is 16.6 Å². The average Bonchev–Trinajstić information content (AvgIpc) is 3.47. The summed E-state index contributed by atoms with van der Waals surface area (Å²) in [5.41, 5.74) is 0.928. The molecule has 12 heteroatoms. The topological polar surface area (TPSA) is 156 Å². The Bertz CT molecular complexity index is 1760. The molecular weight excluding hydrogens is 544 g/mol. The number of hydrogen-bond donors (Lipinski definition) is 3. The van der Waals surface area contributed by atoms with Crippen molar-refractivity contribution in [3.63, 3.8) is 0 Å². The van der Waals surface area contributed by atoms with Crippen LogP contribution in [-0.2, 0) is 19.6 Å². The third-order valence-corrected chi connectivity index (χ3v) is 8.55. The van der Waals surface area contributed by atoms with E-state index in [1.165, 1.54) is 30.3 Å². The lowest BCUT2D eigenvalue weighted by molar-refractivity contribution is -0.119. The summed E-state index contributed by atoms with van der Waals surface area (Å²) in [5, 5.41) is 14.3. The van der Waals surface area contributed by atoms with Crippen LogP contribution in [-0.4, -0.2) is 43.6 Å². The third-order valence-electron chi connectivity index (χ3n) is 5.77. The smallest absolute Gasteiger partial charge is 0.342 e. The van der Waals surface area contributed by atoms with Crippen LogP contribution >= 0.6 is 11.3 Å². The van der Waals surface area contributed by atoms with Crippen LogP contribution in [0.15, 0.2) is 82.4 Å². The highest BCUT2D eigenvalue weighted by Gasteiger charge is 2.29. The highest BCUT2D eigenvalue weighted by Crippen LogP contribution is 2.29. The molecule has 4 aromatic rings. The molecule has 3 aromatic carbocycles. The van der Waals surface area contributed by atoms with Gasteiger partial charge in [0.05, 0.1) is 5.69 Å². The molecule has 1 aliphatic carbocycles. The Labute approximate surface area is 225 Å². The van der Waals surface area contributed by atoms with Gasteiger partial charge in [0.2, 0.25) is 0 Å². The Kier molecular flexibility index (Phi) is 6.73. The summed E-state index contributed by atoms with van der Waals surface area (Å²) in [6.45, 7) is -0.710. The monoisotopic (exact) mass is 562 g/mol. The number of rotatable bonds is 7. The van der Waals surface area contributed by atoms with E-state index in [1.54, 1.807) is 35.7 Å². The van der Waals surface area contributed by atoms with E-state index in [-0.39, 0.29) is 49.4 Å². The van der Waals surface area contributed by atoms with E-state index in [0.717, 1.165) is 23.5 Å². The van der Waals surface area contributed by atoms with Crippen LogP contribution in [0.4, 0.5) is 11.4 Å². The fourth-order valence-corrected chi connectivity index (χ4v) is 6.02. The number of carbonyl (C=O) groups is 4. The lowest BCUT2D eigenvalue weighted by atomic mass is 9.84. The number of hydrogen-bond acceptors (Lipinski definition) is 9. The standard InChI is InChI=1S/C27H18N2O8S2/c30-22-13-16(29-39(35,36)24-6-3-11-38-24)8-10-20(22)27(34)37-14-23(31)28-15-7-9-19-21(12-15)26(33)18-5-2-1-4-17(18)25(19)32/h1-13,29-30H,14H2,(H,28,31). The summed E-state index contributed by atoms with van der Waals surface area (Å²) in [7, 11) is -3.85. The molecule has 0 spiro atoms. The van der Waals surface area contributed by atoms with E-state index in [1.807, 2.05) is 0 Å². The van der Waals surface area contributed by atoms with Gasteiger partial charge in [-0.25, -0.2) is 13.2 Å². The maximum absolute atomic E-state index is 12.9. The second-order valence-electron chi connectivity index (χ2n) is 8.36. The van der Waals surface area contributed by atoms with E-state index in [4.69, 9.17) is 4.74 Å². The number of ketones is 2. The van der Waals surface area contributed by atoms with Gasteiger partial charge in [0, 0.05) is 34.0 Å². The highest BCUT2D eigenvalue weighted by molar-refractivity contribution is 7.94. The lowest BCUT2D eigenvalue weighted by Gasteiger charge is -2.18. The zero-order valence-corrected chi connectivity index (χ0v) is 21.5. The van der Waals surface area contributed by atoms with Gasteiger partial charge in [-0.05, 0) is 41.8 Å².